The third kappa shape index (κ3) is 6.69. The Morgan fingerprint density at radius 1 is 1.07 bits per heavy atom. The lowest BCUT2D eigenvalue weighted by Gasteiger charge is -2.25. The van der Waals surface area contributed by atoms with Crippen LogP contribution >= 0.6 is 0 Å². The summed E-state index contributed by atoms with van der Waals surface area (Å²) in [5, 5.41) is 5.63. The second-order valence-electron chi connectivity index (χ2n) is 10.5. The van der Waals surface area contributed by atoms with E-state index in [2.05, 4.69) is 30.5 Å². The highest BCUT2D eigenvalue weighted by Gasteiger charge is 2.33. The molecule has 1 fully saturated rings. The van der Waals surface area contributed by atoms with Gasteiger partial charge in [0.15, 0.2) is 0 Å². The molecule has 5 rings (SSSR count). The molecule has 0 saturated carbocycles. The van der Waals surface area contributed by atoms with Gasteiger partial charge in [0.2, 0.25) is 11.8 Å². The summed E-state index contributed by atoms with van der Waals surface area (Å²) in [6.45, 7) is 3.12. The van der Waals surface area contributed by atoms with Crippen LogP contribution < -0.4 is 20.3 Å². The smallest absolute Gasteiger partial charge is 0.416 e. The first kappa shape index (κ1) is 29.8. The molecule has 12 heteroatoms. The topological polar surface area (TPSA) is 95.5 Å². The Kier molecular flexibility index (Phi) is 8.49. The largest absolute Gasteiger partial charge is 0.438 e. The van der Waals surface area contributed by atoms with Crippen molar-refractivity contribution in [2.75, 3.05) is 49.8 Å². The van der Waals surface area contributed by atoms with E-state index >= 15 is 0 Å². The number of halogens is 3. The highest BCUT2D eigenvalue weighted by Crippen LogP contribution is 2.38. The van der Waals surface area contributed by atoms with E-state index in [1.54, 1.807) is 49.8 Å². The van der Waals surface area contributed by atoms with Crippen LogP contribution in [0.1, 0.15) is 27.9 Å². The quantitative estimate of drug-likeness (QED) is 0.254. The van der Waals surface area contributed by atoms with Crippen molar-refractivity contribution in [3.8, 4) is 22.9 Å². The van der Waals surface area contributed by atoms with Crippen molar-refractivity contribution in [1.82, 2.24) is 19.9 Å². The molecule has 0 radical (unpaired) electrons. The van der Waals surface area contributed by atoms with Crippen LogP contribution in [0.5, 0.6) is 11.6 Å². The zero-order valence-corrected chi connectivity index (χ0v) is 24.2. The minimum Gasteiger partial charge on any atom is -0.438 e. The van der Waals surface area contributed by atoms with E-state index in [1.165, 1.54) is 6.07 Å². The fourth-order valence-corrected chi connectivity index (χ4v) is 4.92. The van der Waals surface area contributed by atoms with Crippen molar-refractivity contribution in [3.05, 3.63) is 83.7 Å². The van der Waals surface area contributed by atoms with Crippen LogP contribution in [0.2, 0.25) is 0 Å². The van der Waals surface area contributed by atoms with E-state index in [9.17, 15) is 18.0 Å². The number of aryl methyl sites for hydroxylation is 1. The number of rotatable bonds is 8. The van der Waals surface area contributed by atoms with Gasteiger partial charge in [0, 0.05) is 44.1 Å². The first-order chi connectivity index (χ1) is 20.5. The van der Waals surface area contributed by atoms with Crippen molar-refractivity contribution in [2.45, 2.75) is 25.6 Å². The molecule has 1 aliphatic heterocycles. The number of alkyl halides is 3. The van der Waals surface area contributed by atoms with Gasteiger partial charge < -0.3 is 25.2 Å². The monoisotopic (exact) mass is 591 g/mol. The van der Waals surface area contributed by atoms with Crippen molar-refractivity contribution >= 4 is 23.2 Å². The average Bonchev–Trinajstić information content (AvgIpc) is 3.49. The van der Waals surface area contributed by atoms with Gasteiger partial charge in [0.25, 0.3) is 5.91 Å². The zero-order chi connectivity index (χ0) is 30.7. The molecule has 1 amide bonds. The minimum absolute atomic E-state index is 0.0957. The lowest BCUT2D eigenvalue weighted by Crippen LogP contribution is -2.31. The number of carbonyl (C=O) groups excluding carboxylic acids is 1. The van der Waals surface area contributed by atoms with Crippen LogP contribution in [-0.4, -0.2) is 66.0 Å². The molecule has 9 nitrogen and oxygen atoms in total. The average molecular weight is 592 g/mol. The van der Waals surface area contributed by atoms with E-state index in [0.717, 1.165) is 24.1 Å². The van der Waals surface area contributed by atoms with E-state index in [4.69, 9.17) is 4.74 Å². The molecule has 3 heterocycles. The zero-order valence-electron chi connectivity index (χ0n) is 24.2. The number of likely N-dealkylation sites (N-methyl/N-ethyl adjacent to an activating group) is 1. The molecule has 1 saturated heterocycles. The summed E-state index contributed by atoms with van der Waals surface area (Å²) in [4.78, 5) is 30.6. The maximum absolute atomic E-state index is 13.6. The molecule has 2 N–H and O–H groups in total. The Balaban J connectivity index is 1.43. The van der Waals surface area contributed by atoms with Crippen molar-refractivity contribution < 1.29 is 22.7 Å². The summed E-state index contributed by atoms with van der Waals surface area (Å²) >= 11 is 0. The number of nitrogens with one attached hydrogen (secondary N) is 2. The summed E-state index contributed by atoms with van der Waals surface area (Å²) < 4.78 is 47.1. The third-order valence-corrected chi connectivity index (χ3v) is 7.39. The van der Waals surface area contributed by atoms with Crippen LogP contribution in [0.4, 0.5) is 30.5 Å². The lowest BCUT2D eigenvalue weighted by atomic mass is 10.1. The van der Waals surface area contributed by atoms with Crippen LogP contribution in [0.25, 0.3) is 11.3 Å². The minimum atomic E-state index is -4.56. The molecule has 1 atom stereocenters. The Hall–Kier alpha value is -4.71. The number of hydrogen-bond donors (Lipinski definition) is 2. The molecule has 4 aromatic rings. The third-order valence-electron chi connectivity index (χ3n) is 7.39. The predicted molar refractivity (Wildman–Crippen MR) is 160 cm³/mol. The van der Waals surface area contributed by atoms with Gasteiger partial charge >= 0.3 is 6.18 Å². The fraction of sp³-hybridized carbons (Fsp3) is 0.290. The summed E-state index contributed by atoms with van der Waals surface area (Å²) in [6, 6.07) is 13.9. The Labute approximate surface area is 247 Å². The number of carbonyl (C=O) groups is 1. The SMILES string of the molecule is CNc1nccc(-c2cccnc2Oc2cc(C(=O)Nc3cc(C(F)(F)F)ccc3N3CC[C@@H](N(C)C)C3)ccc2C)n1. The summed E-state index contributed by atoms with van der Waals surface area (Å²) in [5.41, 5.74) is 1.95. The maximum atomic E-state index is 13.6. The number of ether oxygens (including phenoxy) is 1. The predicted octanol–water partition coefficient (Wildman–Crippen LogP) is 6.09. The summed E-state index contributed by atoms with van der Waals surface area (Å²) in [6.07, 6.45) is -0.496. The lowest BCUT2D eigenvalue weighted by molar-refractivity contribution is -0.137. The number of aromatic nitrogens is 3. The van der Waals surface area contributed by atoms with Crippen molar-refractivity contribution in [3.63, 3.8) is 0 Å². The van der Waals surface area contributed by atoms with E-state index < -0.39 is 17.6 Å². The maximum Gasteiger partial charge on any atom is 0.416 e. The van der Waals surface area contributed by atoms with Gasteiger partial charge in [0.1, 0.15) is 5.75 Å². The summed E-state index contributed by atoms with van der Waals surface area (Å²) in [5.74, 6) is 0.508. The molecule has 0 spiro atoms. The van der Waals surface area contributed by atoms with E-state index in [0.29, 0.717) is 41.7 Å². The number of amides is 1. The highest BCUT2D eigenvalue weighted by molar-refractivity contribution is 6.06. The second kappa shape index (κ2) is 12.3. The molecule has 2 aromatic carbocycles. The first-order valence-electron chi connectivity index (χ1n) is 13.7. The van der Waals surface area contributed by atoms with Gasteiger partial charge in [-0.15, -0.1) is 0 Å². The second-order valence-corrected chi connectivity index (χ2v) is 10.5. The Morgan fingerprint density at radius 3 is 2.60 bits per heavy atom. The standard InChI is InChI=1S/C31H32F3N7O2/c1-19-7-8-20(16-27(19)43-29-23(6-5-13-36-29)24-11-14-37-30(35-2)39-24)28(42)38-25-17-21(31(32,33)34)9-10-26(25)41-15-12-22(18-41)40(3)4/h5-11,13-14,16-17,22H,12,15,18H2,1-4H3,(H,38,42)(H,35,37,39)/t22-/m1/s1. The molecule has 224 valence electrons. The van der Waals surface area contributed by atoms with Gasteiger partial charge in [-0.05, 0) is 81.5 Å². The molecule has 1 aliphatic rings. The molecular weight excluding hydrogens is 559 g/mol. The molecule has 43 heavy (non-hydrogen) atoms. The summed E-state index contributed by atoms with van der Waals surface area (Å²) in [7, 11) is 5.66. The number of benzene rings is 2. The van der Waals surface area contributed by atoms with Crippen molar-refractivity contribution in [2.24, 2.45) is 0 Å². The van der Waals surface area contributed by atoms with Gasteiger partial charge in [-0.1, -0.05) is 6.07 Å². The molecule has 2 aromatic heterocycles. The highest BCUT2D eigenvalue weighted by atomic mass is 19.4. The molecular formula is C31H32F3N7O2. The number of hydrogen-bond acceptors (Lipinski definition) is 8. The Morgan fingerprint density at radius 2 is 1.88 bits per heavy atom. The van der Waals surface area contributed by atoms with Crippen LogP contribution in [0.3, 0.4) is 0 Å². The van der Waals surface area contributed by atoms with Gasteiger partial charge in [-0.3, -0.25) is 4.79 Å². The first-order valence-corrected chi connectivity index (χ1v) is 13.7. The van der Waals surface area contributed by atoms with Gasteiger partial charge in [-0.25, -0.2) is 15.0 Å². The van der Waals surface area contributed by atoms with Gasteiger partial charge in [0.05, 0.1) is 28.2 Å². The molecule has 0 aliphatic carbocycles. The Bertz CT molecular complexity index is 1630. The van der Waals surface area contributed by atoms with Crippen LogP contribution in [0, 0.1) is 6.92 Å². The van der Waals surface area contributed by atoms with Crippen LogP contribution in [-0.2, 0) is 6.18 Å². The van der Waals surface area contributed by atoms with Crippen molar-refractivity contribution in [1.29, 1.82) is 0 Å². The number of pyridine rings is 1. The van der Waals surface area contributed by atoms with E-state index in [-0.39, 0.29) is 23.2 Å². The number of anilines is 3. The molecule has 0 unspecified atom stereocenters. The van der Waals surface area contributed by atoms with E-state index in [1.807, 2.05) is 32.0 Å². The number of nitrogens with zero attached hydrogens (tertiary/aromatic N) is 5. The van der Waals surface area contributed by atoms with Crippen LogP contribution in [0.15, 0.2) is 67.0 Å². The van der Waals surface area contributed by atoms with Gasteiger partial charge in [-0.2, -0.15) is 13.2 Å². The normalized spacial score (nSPS) is 15.1. The fourth-order valence-electron chi connectivity index (χ4n) is 4.92. The molecule has 0 bridgehead atoms.